The van der Waals surface area contributed by atoms with Gasteiger partial charge < -0.3 is 20.6 Å². The number of phenols is 2. The first-order valence-corrected chi connectivity index (χ1v) is 7.65. The van der Waals surface area contributed by atoms with Crippen molar-refractivity contribution in [2.24, 2.45) is 0 Å². The zero-order valence-electron chi connectivity index (χ0n) is 11.8. The van der Waals surface area contributed by atoms with Gasteiger partial charge in [0.25, 0.3) is 0 Å². The Labute approximate surface area is 142 Å². The van der Waals surface area contributed by atoms with E-state index >= 15 is 0 Å². The number of carbonyl (C=O) groups is 1. The van der Waals surface area contributed by atoms with E-state index in [0.717, 1.165) is 0 Å². The molecule has 23 heavy (non-hydrogen) atoms. The maximum atomic E-state index is 11.0. The van der Waals surface area contributed by atoms with Gasteiger partial charge in [-0.25, -0.2) is 4.79 Å². The smallest absolute Gasteiger partial charge is 0.339 e. The lowest BCUT2D eigenvalue weighted by atomic mass is 9.88. The molecule has 0 saturated heterocycles. The predicted octanol–water partition coefficient (Wildman–Crippen LogP) is 3.34. The number of rotatable bonds is 2. The Morgan fingerprint density at radius 3 is 2.57 bits per heavy atom. The Kier molecular flexibility index (Phi) is 4.10. The highest BCUT2D eigenvalue weighted by atomic mass is 35.5. The van der Waals surface area contributed by atoms with Gasteiger partial charge in [0, 0.05) is 17.1 Å². The van der Waals surface area contributed by atoms with Crippen molar-refractivity contribution in [3.05, 3.63) is 56.6 Å². The number of nitrogens with one attached hydrogen (secondary N) is 1. The average Bonchev–Trinajstić information content (AvgIpc) is 2.51. The maximum Gasteiger partial charge on any atom is 0.339 e. The lowest BCUT2D eigenvalue weighted by Crippen LogP contribution is -2.31. The highest BCUT2D eigenvalue weighted by Gasteiger charge is 2.28. The van der Waals surface area contributed by atoms with E-state index in [-0.39, 0.29) is 28.1 Å². The first-order valence-electron chi connectivity index (χ1n) is 6.89. The fourth-order valence-electron chi connectivity index (χ4n) is 2.88. The van der Waals surface area contributed by atoms with Crippen molar-refractivity contribution in [1.29, 1.82) is 0 Å². The number of benzene rings is 2. The van der Waals surface area contributed by atoms with Crippen molar-refractivity contribution in [2.45, 2.75) is 12.5 Å². The van der Waals surface area contributed by atoms with Gasteiger partial charge in [-0.15, -0.1) is 0 Å². The van der Waals surface area contributed by atoms with E-state index < -0.39 is 5.97 Å². The third kappa shape index (κ3) is 2.72. The van der Waals surface area contributed by atoms with Crippen LogP contribution < -0.4 is 5.32 Å². The highest BCUT2D eigenvalue weighted by molar-refractivity contribution is 6.36. The summed E-state index contributed by atoms with van der Waals surface area (Å²) in [6.07, 6.45) is 0.567. The fourth-order valence-corrected chi connectivity index (χ4v) is 3.49. The molecule has 1 atom stereocenters. The molecular weight excluding hydrogens is 341 g/mol. The second kappa shape index (κ2) is 5.92. The van der Waals surface area contributed by atoms with Crippen LogP contribution in [0.5, 0.6) is 11.5 Å². The second-order valence-corrected chi connectivity index (χ2v) is 6.11. The van der Waals surface area contributed by atoms with Crippen LogP contribution in [0.4, 0.5) is 0 Å². The molecule has 1 aliphatic rings. The van der Waals surface area contributed by atoms with Gasteiger partial charge in [0.05, 0.1) is 11.1 Å². The van der Waals surface area contributed by atoms with Crippen LogP contribution >= 0.6 is 23.2 Å². The summed E-state index contributed by atoms with van der Waals surface area (Å²) in [6.45, 7) is 0.587. The highest BCUT2D eigenvalue weighted by Crippen LogP contribution is 2.42. The zero-order chi connectivity index (χ0) is 16.7. The van der Waals surface area contributed by atoms with E-state index in [1.54, 1.807) is 6.07 Å². The standard InChI is InChI=1S/C16H13Cl2NO4/c17-10-6-11(18)15(21)9-3-4-19-14(13(9)10)7-1-2-8(16(22)23)12(20)5-7/h1-2,5-6,14,19-21H,3-4H2,(H,22,23). The van der Waals surface area contributed by atoms with Crippen molar-refractivity contribution >= 4 is 29.2 Å². The molecule has 1 heterocycles. The summed E-state index contributed by atoms with van der Waals surface area (Å²) in [6, 6.07) is 5.44. The lowest BCUT2D eigenvalue weighted by molar-refractivity contribution is 0.0693. The van der Waals surface area contributed by atoms with E-state index in [1.807, 2.05) is 0 Å². The van der Waals surface area contributed by atoms with Gasteiger partial charge in [-0.2, -0.15) is 0 Å². The van der Waals surface area contributed by atoms with Crippen LogP contribution in [-0.4, -0.2) is 27.8 Å². The Morgan fingerprint density at radius 1 is 1.17 bits per heavy atom. The third-order valence-electron chi connectivity index (χ3n) is 3.95. The van der Waals surface area contributed by atoms with Crippen molar-refractivity contribution in [1.82, 2.24) is 5.32 Å². The number of halogens is 2. The van der Waals surface area contributed by atoms with Gasteiger partial charge in [0.2, 0.25) is 0 Å². The van der Waals surface area contributed by atoms with Crippen LogP contribution in [0, 0.1) is 0 Å². The number of carboxylic acid groups (broad SMARTS) is 1. The molecule has 0 radical (unpaired) electrons. The summed E-state index contributed by atoms with van der Waals surface area (Å²) >= 11 is 12.3. The number of aromatic hydroxyl groups is 2. The molecule has 0 aromatic heterocycles. The first-order chi connectivity index (χ1) is 10.9. The molecule has 3 rings (SSSR count). The molecule has 0 spiro atoms. The van der Waals surface area contributed by atoms with Crippen LogP contribution in [0.2, 0.25) is 10.0 Å². The number of hydrogen-bond acceptors (Lipinski definition) is 4. The largest absolute Gasteiger partial charge is 0.507 e. The summed E-state index contributed by atoms with van der Waals surface area (Å²) < 4.78 is 0. The minimum absolute atomic E-state index is 0.00365. The molecule has 0 aliphatic carbocycles. The summed E-state index contributed by atoms with van der Waals surface area (Å²) in [5.41, 5.74) is 1.82. The first kappa shape index (κ1) is 15.9. The van der Waals surface area contributed by atoms with Crippen molar-refractivity contribution < 1.29 is 20.1 Å². The summed E-state index contributed by atoms with van der Waals surface area (Å²) in [7, 11) is 0. The molecule has 0 bridgehead atoms. The second-order valence-electron chi connectivity index (χ2n) is 5.30. The van der Waals surface area contributed by atoms with Crippen molar-refractivity contribution in [3.8, 4) is 11.5 Å². The topological polar surface area (TPSA) is 89.8 Å². The molecule has 0 amide bonds. The Balaban J connectivity index is 2.13. The fraction of sp³-hybridized carbons (Fsp3) is 0.188. The number of carboxylic acids is 1. The number of fused-ring (bicyclic) bond motifs is 1. The molecule has 7 heteroatoms. The van der Waals surface area contributed by atoms with Gasteiger partial charge in [0.15, 0.2) is 0 Å². The van der Waals surface area contributed by atoms with Gasteiger partial charge in [0.1, 0.15) is 17.1 Å². The van der Waals surface area contributed by atoms with Crippen LogP contribution in [0.3, 0.4) is 0 Å². The minimum Gasteiger partial charge on any atom is -0.507 e. The van der Waals surface area contributed by atoms with Gasteiger partial charge in [-0.05, 0) is 35.7 Å². The van der Waals surface area contributed by atoms with E-state index in [9.17, 15) is 15.0 Å². The quantitative estimate of drug-likeness (QED) is 0.664. The summed E-state index contributed by atoms with van der Waals surface area (Å²) in [5.74, 6) is -1.52. The molecule has 2 aromatic carbocycles. The number of aromatic carboxylic acids is 1. The summed E-state index contributed by atoms with van der Waals surface area (Å²) in [4.78, 5) is 11.0. The van der Waals surface area contributed by atoms with Crippen LogP contribution in [0.15, 0.2) is 24.3 Å². The SMILES string of the molecule is O=C(O)c1ccc(C2NCCc3c(O)c(Cl)cc(Cl)c32)cc1O. The van der Waals surface area contributed by atoms with Gasteiger partial charge in [-0.3, -0.25) is 0 Å². The van der Waals surface area contributed by atoms with E-state index in [4.69, 9.17) is 28.3 Å². The maximum absolute atomic E-state index is 11.0. The van der Waals surface area contributed by atoms with E-state index in [1.165, 1.54) is 18.2 Å². The Morgan fingerprint density at radius 2 is 1.91 bits per heavy atom. The molecule has 5 nitrogen and oxygen atoms in total. The Bertz CT molecular complexity index is 807. The Hall–Kier alpha value is -1.95. The molecule has 1 aliphatic heterocycles. The van der Waals surface area contributed by atoms with Crippen molar-refractivity contribution in [3.63, 3.8) is 0 Å². The number of phenolic OH excluding ortho intramolecular Hbond substituents is 1. The molecule has 0 fully saturated rings. The van der Waals surface area contributed by atoms with Crippen LogP contribution in [0.1, 0.15) is 33.1 Å². The van der Waals surface area contributed by atoms with Crippen LogP contribution in [-0.2, 0) is 6.42 Å². The lowest BCUT2D eigenvalue weighted by Gasteiger charge is -2.29. The van der Waals surface area contributed by atoms with Crippen LogP contribution in [0.25, 0.3) is 0 Å². The molecule has 4 N–H and O–H groups in total. The van der Waals surface area contributed by atoms with Crippen molar-refractivity contribution in [2.75, 3.05) is 6.54 Å². The molecular formula is C16H13Cl2NO4. The monoisotopic (exact) mass is 353 g/mol. The predicted molar refractivity (Wildman–Crippen MR) is 86.7 cm³/mol. The van der Waals surface area contributed by atoms with Gasteiger partial charge in [-0.1, -0.05) is 29.3 Å². The minimum atomic E-state index is -1.20. The third-order valence-corrected chi connectivity index (χ3v) is 4.55. The van der Waals surface area contributed by atoms with E-state index in [0.29, 0.717) is 34.7 Å². The molecule has 0 saturated carbocycles. The van der Waals surface area contributed by atoms with E-state index in [2.05, 4.69) is 5.32 Å². The molecule has 120 valence electrons. The number of hydrogen-bond donors (Lipinski definition) is 4. The zero-order valence-corrected chi connectivity index (χ0v) is 13.3. The normalized spacial score (nSPS) is 16.9. The molecule has 2 aromatic rings. The average molecular weight is 354 g/mol. The molecule has 1 unspecified atom stereocenters. The van der Waals surface area contributed by atoms with Gasteiger partial charge >= 0.3 is 5.97 Å². The summed E-state index contributed by atoms with van der Waals surface area (Å²) in [5, 5.41) is 32.9.